The second-order valence-corrected chi connectivity index (χ2v) is 8.79. The van der Waals surface area contributed by atoms with Crippen LogP contribution in [0.2, 0.25) is 0 Å². The number of rotatable bonds is 7. The first-order valence-corrected chi connectivity index (χ1v) is 10.9. The van der Waals surface area contributed by atoms with Crippen LogP contribution in [-0.2, 0) is 16.8 Å². The molecule has 1 amide bonds. The summed E-state index contributed by atoms with van der Waals surface area (Å²) in [6.07, 6.45) is 7.50. The summed E-state index contributed by atoms with van der Waals surface area (Å²) in [5, 5.41) is 0. The van der Waals surface area contributed by atoms with Crippen molar-refractivity contribution in [2.24, 2.45) is 0 Å². The molecule has 2 aromatic carbocycles. The molecule has 1 aliphatic rings. The predicted molar refractivity (Wildman–Crippen MR) is 125 cm³/mol. The molecule has 0 saturated carbocycles. The fraction of sp³-hybridized carbons (Fsp3) is 0.320. The van der Waals surface area contributed by atoms with Gasteiger partial charge in [-0.1, -0.05) is 0 Å². The van der Waals surface area contributed by atoms with Gasteiger partial charge in [-0.15, -0.1) is 0 Å². The zero-order chi connectivity index (χ0) is 22.3. The number of nitrogens with one attached hydrogen (secondary N) is 1. The maximum absolute atomic E-state index is 13.2. The van der Waals surface area contributed by atoms with Crippen molar-refractivity contribution < 1.29 is 9.53 Å². The number of methoxy groups -OCH3 is 1. The summed E-state index contributed by atoms with van der Waals surface area (Å²) >= 11 is 0. The van der Waals surface area contributed by atoms with Gasteiger partial charge >= 0.3 is 0 Å². The second kappa shape index (κ2) is 7.82. The lowest BCUT2D eigenvalue weighted by Crippen LogP contribution is -2.36. The number of hydrogen-bond donors (Lipinski definition) is 1. The van der Waals surface area contributed by atoms with Crippen molar-refractivity contribution >= 4 is 22.6 Å². The molecule has 0 spiro atoms. The number of amides is 1. The Kier molecular flexibility index (Phi) is 4.96. The molecule has 1 N–H and O–H groups in total. The minimum atomic E-state index is -0.556. The third kappa shape index (κ3) is 3.43. The molecule has 3 heterocycles. The molecule has 0 aliphatic carbocycles. The number of carbonyl (C=O) groups excluding carboxylic acids is 1. The minimum absolute atomic E-state index is 0.151. The Balaban J connectivity index is 1.42. The van der Waals surface area contributed by atoms with Gasteiger partial charge in [0.1, 0.15) is 11.6 Å². The van der Waals surface area contributed by atoms with E-state index in [9.17, 15) is 4.79 Å². The Labute approximate surface area is 187 Å². The molecule has 5 rings (SSSR count). The van der Waals surface area contributed by atoms with E-state index in [-0.39, 0.29) is 5.91 Å². The average Bonchev–Trinajstić information content (AvgIpc) is 3.50. The third-order valence-electron chi connectivity index (χ3n) is 6.31. The van der Waals surface area contributed by atoms with Crippen LogP contribution in [0, 0.1) is 0 Å². The third-order valence-corrected chi connectivity index (χ3v) is 6.31. The molecule has 164 valence electrons. The molecule has 0 bridgehead atoms. The van der Waals surface area contributed by atoms with Crippen molar-refractivity contribution in [3.63, 3.8) is 0 Å². The predicted octanol–water partition coefficient (Wildman–Crippen LogP) is 4.54. The second-order valence-electron chi connectivity index (χ2n) is 8.79. The molecule has 32 heavy (non-hydrogen) atoms. The summed E-state index contributed by atoms with van der Waals surface area (Å²) in [4.78, 5) is 27.5. The largest absolute Gasteiger partial charge is 0.497 e. The van der Waals surface area contributed by atoms with E-state index in [1.165, 1.54) is 0 Å². The Morgan fingerprint density at radius 1 is 1.09 bits per heavy atom. The van der Waals surface area contributed by atoms with E-state index < -0.39 is 5.41 Å². The van der Waals surface area contributed by atoms with Gasteiger partial charge in [0.25, 0.3) is 0 Å². The van der Waals surface area contributed by atoms with Crippen molar-refractivity contribution in [1.82, 2.24) is 19.5 Å². The van der Waals surface area contributed by atoms with Gasteiger partial charge in [-0.25, -0.2) is 9.97 Å². The number of unbranched alkanes of at least 4 members (excludes halogenated alkanes) is 1. The summed E-state index contributed by atoms with van der Waals surface area (Å²) in [7, 11) is 1.66. The Hall–Kier alpha value is -3.61. The number of H-pyrrole nitrogens is 1. The molecule has 0 atom stereocenters. The molecule has 1 aliphatic heterocycles. The lowest BCUT2D eigenvalue weighted by molar-refractivity contribution is -0.122. The molecule has 7 heteroatoms. The van der Waals surface area contributed by atoms with Crippen LogP contribution in [0.25, 0.3) is 22.4 Å². The Bertz CT molecular complexity index is 1260. The van der Waals surface area contributed by atoms with Gasteiger partial charge in [0.2, 0.25) is 5.91 Å². The number of nitrogens with zero attached hydrogens (tertiary/aromatic N) is 4. The number of fused-ring (bicyclic) bond motifs is 2. The van der Waals surface area contributed by atoms with Crippen molar-refractivity contribution in [2.45, 2.75) is 38.6 Å². The molecule has 0 radical (unpaired) electrons. The van der Waals surface area contributed by atoms with Crippen LogP contribution in [0.5, 0.6) is 5.75 Å². The summed E-state index contributed by atoms with van der Waals surface area (Å²) in [6.45, 7) is 5.62. The molecular weight excluding hydrogens is 402 g/mol. The lowest BCUT2D eigenvalue weighted by Gasteiger charge is -2.20. The van der Waals surface area contributed by atoms with Gasteiger partial charge in [0.05, 0.1) is 35.6 Å². The van der Waals surface area contributed by atoms with E-state index in [1.54, 1.807) is 13.3 Å². The number of aromatic amines is 1. The zero-order valence-corrected chi connectivity index (χ0v) is 18.6. The Morgan fingerprint density at radius 3 is 2.59 bits per heavy atom. The summed E-state index contributed by atoms with van der Waals surface area (Å²) in [5.74, 6) is 1.77. The molecule has 0 fully saturated rings. The lowest BCUT2D eigenvalue weighted by atomic mass is 9.86. The van der Waals surface area contributed by atoms with Gasteiger partial charge in [0.15, 0.2) is 0 Å². The van der Waals surface area contributed by atoms with E-state index in [2.05, 4.69) is 26.7 Å². The number of anilines is 1. The van der Waals surface area contributed by atoms with Crippen LogP contribution >= 0.6 is 0 Å². The normalized spacial score (nSPS) is 14.8. The smallest absolute Gasteiger partial charge is 0.237 e. The van der Waals surface area contributed by atoms with E-state index in [0.717, 1.165) is 58.8 Å². The van der Waals surface area contributed by atoms with Crippen LogP contribution in [0.1, 0.15) is 32.3 Å². The van der Waals surface area contributed by atoms with Crippen molar-refractivity contribution in [3.8, 4) is 17.1 Å². The Morgan fingerprint density at radius 2 is 1.88 bits per heavy atom. The van der Waals surface area contributed by atoms with Gasteiger partial charge < -0.3 is 19.2 Å². The van der Waals surface area contributed by atoms with E-state index in [1.807, 2.05) is 55.5 Å². The summed E-state index contributed by atoms with van der Waals surface area (Å²) < 4.78 is 7.32. The summed E-state index contributed by atoms with van der Waals surface area (Å²) in [6, 6.07) is 12.0. The van der Waals surface area contributed by atoms with Crippen LogP contribution in [0.4, 0.5) is 5.69 Å². The number of aryl methyl sites for hydroxylation is 1. The first-order valence-electron chi connectivity index (χ1n) is 10.9. The number of hydrogen-bond acceptors (Lipinski definition) is 4. The highest BCUT2D eigenvalue weighted by atomic mass is 16.5. The van der Waals surface area contributed by atoms with E-state index in [4.69, 9.17) is 9.72 Å². The maximum Gasteiger partial charge on any atom is 0.237 e. The van der Waals surface area contributed by atoms with Crippen molar-refractivity contribution in [3.05, 3.63) is 60.7 Å². The summed E-state index contributed by atoms with van der Waals surface area (Å²) in [5.41, 5.74) is 4.27. The molecule has 2 aromatic heterocycles. The zero-order valence-electron chi connectivity index (χ0n) is 18.6. The van der Waals surface area contributed by atoms with Gasteiger partial charge in [-0.05, 0) is 68.7 Å². The first-order chi connectivity index (χ1) is 15.5. The molecule has 0 saturated heterocycles. The molecular formula is C25H27N5O2. The SMILES string of the molecule is COc1ccc(-c2nc3cc4c(cc3[nH]2)C(C)(C)C(=O)N4CCCCn2ccnc2)cc1. The van der Waals surface area contributed by atoms with Crippen molar-refractivity contribution in [2.75, 3.05) is 18.6 Å². The molecule has 4 aromatic rings. The van der Waals surface area contributed by atoms with Gasteiger partial charge in [-0.2, -0.15) is 0 Å². The number of ether oxygens (including phenoxy) is 1. The van der Waals surface area contributed by atoms with Crippen LogP contribution in [0.15, 0.2) is 55.1 Å². The van der Waals surface area contributed by atoms with Crippen LogP contribution in [0.3, 0.4) is 0 Å². The molecule has 7 nitrogen and oxygen atoms in total. The highest BCUT2D eigenvalue weighted by Crippen LogP contribution is 2.43. The monoisotopic (exact) mass is 429 g/mol. The first kappa shape index (κ1) is 20.3. The maximum atomic E-state index is 13.2. The van der Waals surface area contributed by atoms with Crippen LogP contribution in [-0.4, -0.2) is 39.1 Å². The standard InChI is InChI=1S/C25H27N5O2/c1-25(2)19-14-20-21(28-23(27-20)17-6-8-18(32-3)9-7-17)15-22(19)30(24(25)31)12-5-4-11-29-13-10-26-16-29/h6-10,13-16H,4-5,11-12H2,1-3H3,(H,27,28). The fourth-order valence-electron chi connectivity index (χ4n) is 4.42. The number of carbonyl (C=O) groups is 1. The highest BCUT2D eigenvalue weighted by molar-refractivity contribution is 6.09. The number of benzene rings is 2. The quantitative estimate of drug-likeness (QED) is 0.438. The van der Waals surface area contributed by atoms with Crippen LogP contribution < -0.4 is 9.64 Å². The highest BCUT2D eigenvalue weighted by Gasteiger charge is 2.44. The van der Waals surface area contributed by atoms with E-state index in [0.29, 0.717) is 6.54 Å². The number of aromatic nitrogens is 4. The topological polar surface area (TPSA) is 76.0 Å². The van der Waals surface area contributed by atoms with Crippen molar-refractivity contribution in [1.29, 1.82) is 0 Å². The number of imidazole rings is 2. The van der Waals surface area contributed by atoms with Gasteiger partial charge in [0, 0.05) is 31.0 Å². The van der Waals surface area contributed by atoms with E-state index >= 15 is 0 Å². The average molecular weight is 430 g/mol. The van der Waals surface area contributed by atoms with Gasteiger partial charge in [-0.3, -0.25) is 4.79 Å². The fourth-order valence-corrected chi connectivity index (χ4v) is 4.42. The molecule has 0 unspecified atom stereocenters. The minimum Gasteiger partial charge on any atom is -0.497 e.